The molecular weight excluding hydrogens is 687 g/mol. The van der Waals surface area contributed by atoms with E-state index in [1.54, 1.807) is 25.3 Å². The summed E-state index contributed by atoms with van der Waals surface area (Å²) in [5.74, 6) is 2.08. The van der Waals surface area contributed by atoms with Gasteiger partial charge in [-0.2, -0.15) is 0 Å². The van der Waals surface area contributed by atoms with Gasteiger partial charge in [-0.3, -0.25) is 4.79 Å². The molecule has 0 radical (unpaired) electrons. The maximum Gasteiger partial charge on any atom is 0.203 e. The summed E-state index contributed by atoms with van der Waals surface area (Å²) in [6, 6.07) is 63.4. The van der Waals surface area contributed by atoms with Gasteiger partial charge in [0.15, 0.2) is 6.61 Å². The Bertz CT molecular complexity index is 2150. The number of carbonyl (C=O) groups is 1. The maximum atomic E-state index is 14.0. The molecule has 0 N–H and O–H groups in total. The van der Waals surface area contributed by atoms with Crippen LogP contribution in [0.3, 0.4) is 0 Å². The summed E-state index contributed by atoms with van der Waals surface area (Å²) in [7, 11) is -0.685. The zero-order chi connectivity index (χ0) is 37.0. The van der Waals surface area contributed by atoms with Crippen LogP contribution in [0.2, 0.25) is 0 Å². The predicted octanol–water partition coefficient (Wildman–Crippen LogP) is 9.61. The molecule has 7 aromatic rings. The number of ketones is 1. The topological polar surface area (TPSA) is 54.0 Å². The summed E-state index contributed by atoms with van der Waals surface area (Å²) in [5, 5.41) is 3.77. The van der Waals surface area contributed by atoms with Crippen molar-refractivity contribution in [3.8, 4) is 23.0 Å². The quantitative estimate of drug-likeness (QED) is 0.0733. The minimum atomic E-state index is -2.28. The van der Waals surface area contributed by atoms with Crippen molar-refractivity contribution in [2.75, 3.05) is 13.7 Å². The SMILES string of the molecule is COc1ccc(C(=O)COc2cc(OCc3ccccc3)ccc2C[P+](c2ccccc2)(c2ccccc2)c2ccccc2)c(OCc2ccccc2)c1. The number of carbonyl (C=O) groups excluding carboxylic acids is 1. The molecule has 0 amide bonds. The van der Waals surface area contributed by atoms with E-state index >= 15 is 0 Å². The van der Waals surface area contributed by atoms with Crippen molar-refractivity contribution in [3.63, 3.8) is 0 Å². The summed E-state index contributed by atoms with van der Waals surface area (Å²) in [5.41, 5.74) is 3.46. The van der Waals surface area contributed by atoms with Crippen LogP contribution in [-0.4, -0.2) is 19.5 Å². The van der Waals surface area contributed by atoms with Crippen molar-refractivity contribution in [1.29, 1.82) is 0 Å². The van der Waals surface area contributed by atoms with E-state index in [1.165, 1.54) is 15.9 Å². The van der Waals surface area contributed by atoms with Crippen LogP contribution in [0.1, 0.15) is 27.0 Å². The Hall–Kier alpha value is -6.16. The van der Waals surface area contributed by atoms with Crippen LogP contribution < -0.4 is 34.9 Å². The number of rotatable bonds is 16. The zero-order valence-corrected chi connectivity index (χ0v) is 31.1. The summed E-state index contributed by atoms with van der Waals surface area (Å²) in [6.07, 6.45) is 0.668. The highest BCUT2D eigenvalue weighted by molar-refractivity contribution is 7.95. The van der Waals surface area contributed by atoms with Crippen molar-refractivity contribution < 1.29 is 23.7 Å². The Morgan fingerprint density at radius 2 is 0.944 bits per heavy atom. The molecule has 6 heteroatoms. The minimum Gasteiger partial charge on any atom is -0.497 e. The van der Waals surface area contributed by atoms with E-state index in [1.807, 2.05) is 72.8 Å². The van der Waals surface area contributed by atoms with Crippen molar-refractivity contribution in [3.05, 3.63) is 210 Å². The highest BCUT2D eigenvalue weighted by Crippen LogP contribution is 2.59. The van der Waals surface area contributed by atoms with E-state index in [0.29, 0.717) is 47.9 Å². The fraction of sp³-hybridized carbons (Fsp3) is 0.104. The molecule has 0 fully saturated rings. The Morgan fingerprint density at radius 1 is 0.481 bits per heavy atom. The molecule has 0 saturated heterocycles. The zero-order valence-electron chi connectivity index (χ0n) is 30.2. The number of Topliss-reactive ketones (excluding diaryl/α,β-unsaturated/α-hetero) is 1. The third-order valence-corrected chi connectivity index (χ3v) is 13.7. The monoisotopic (exact) mass is 729 g/mol. The average Bonchev–Trinajstić information content (AvgIpc) is 3.25. The second-order valence-corrected chi connectivity index (χ2v) is 16.4. The van der Waals surface area contributed by atoms with Gasteiger partial charge in [-0.05, 0) is 71.8 Å². The third-order valence-electron chi connectivity index (χ3n) is 9.37. The molecule has 54 heavy (non-hydrogen) atoms. The molecule has 0 spiro atoms. The molecule has 5 nitrogen and oxygen atoms in total. The van der Waals surface area contributed by atoms with Gasteiger partial charge in [0.2, 0.25) is 5.78 Å². The first-order valence-corrected chi connectivity index (χ1v) is 19.9. The van der Waals surface area contributed by atoms with Crippen molar-refractivity contribution in [2.24, 2.45) is 0 Å². The second kappa shape index (κ2) is 17.6. The summed E-state index contributed by atoms with van der Waals surface area (Å²) < 4.78 is 24.5. The molecule has 0 unspecified atom stereocenters. The molecule has 268 valence electrons. The number of hydrogen-bond acceptors (Lipinski definition) is 5. The molecule has 0 aliphatic rings. The predicted molar refractivity (Wildman–Crippen MR) is 220 cm³/mol. The van der Waals surface area contributed by atoms with Gasteiger partial charge in [0.05, 0.1) is 12.7 Å². The highest BCUT2D eigenvalue weighted by Gasteiger charge is 2.46. The summed E-state index contributed by atoms with van der Waals surface area (Å²) in [4.78, 5) is 14.0. The maximum absolute atomic E-state index is 14.0. The van der Waals surface area contributed by atoms with E-state index in [-0.39, 0.29) is 12.4 Å². The van der Waals surface area contributed by atoms with Gasteiger partial charge in [0.25, 0.3) is 0 Å². The van der Waals surface area contributed by atoms with Gasteiger partial charge >= 0.3 is 0 Å². The molecule has 0 heterocycles. The molecular formula is C48H42O5P+. The highest BCUT2D eigenvalue weighted by atomic mass is 31.2. The van der Waals surface area contributed by atoms with Crippen LogP contribution in [0.25, 0.3) is 0 Å². The molecule has 7 aromatic carbocycles. The first kappa shape index (κ1) is 36.2. The van der Waals surface area contributed by atoms with Gasteiger partial charge in [0, 0.05) is 17.7 Å². The molecule has 0 aromatic heterocycles. The lowest BCUT2D eigenvalue weighted by Gasteiger charge is -2.28. The molecule has 0 bridgehead atoms. The van der Waals surface area contributed by atoms with Crippen LogP contribution in [0.4, 0.5) is 0 Å². The number of ether oxygens (including phenoxy) is 4. The van der Waals surface area contributed by atoms with E-state index in [2.05, 4.69) is 97.1 Å². The van der Waals surface area contributed by atoms with Gasteiger partial charge in [-0.15, -0.1) is 0 Å². The largest absolute Gasteiger partial charge is 0.497 e. The van der Waals surface area contributed by atoms with E-state index < -0.39 is 7.26 Å². The second-order valence-electron chi connectivity index (χ2n) is 12.9. The lowest BCUT2D eigenvalue weighted by Crippen LogP contribution is -2.32. The van der Waals surface area contributed by atoms with Gasteiger partial charge in [-0.25, -0.2) is 0 Å². The van der Waals surface area contributed by atoms with Crippen molar-refractivity contribution in [1.82, 2.24) is 0 Å². The smallest absolute Gasteiger partial charge is 0.203 e. The first-order chi connectivity index (χ1) is 26.6. The molecule has 0 aliphatic heterocycles. The van der Waals surface area contributed by atoms with E-state index in [9.17, 15) is 4.79 Å². The van der Waals surface area contributed by atoms with Crippen LogP contribution in [-0.2, 0) is 19.4 Å². The van der Waals surface area contributed by atoms with Crippen LogP contribution in [0.15, 0.2) is 188 Å². The van der Waals surface area contributed by atoms with Crippen LogP contribution in [0, 0.1) is 0 Å². The Morgan fingerprint density at radius 3 is 1.46 bits per heavy atom. The van der Waals surface area contributed by atoms with E-state index in [4.69, 9.17) is 18.9 Å². The Kier molecular flexibility index (Phi) is 11.8. The fourth-order valence-electron chi connectivity index (χ4n) is 6.59. The van der Waals surface area contributed by atoms with Crippen LogP contribution >= 0.6 is 7.26 Å². The van der Waals surface area contributed by atoms with Gasteiger partial charge < -0.3 is 18.9 Å². The normalized spacial score (nSPS) is 11.1. The molecule has 7 rings (SSSR count). The van der Waals surface area contributed by atoms with Crippen molar-refractivity contribution in [2.45, 2.75) is 19.4 Å². The summed E-state index contributed by atoms with van der Waals surface area (Å²) >= 11 is 0. The lowest BCUT2D eigenvalue weighted by molar-refractivity contribution is 0.0916. The molecule has 0 atom stereocenters. The first-order valence-electron chi connectivity index (χ1n) is 18.0. The third kappa shape index (κ3) is 8.55. The number of hydrogen-bond donors (Lipinski definition) is 0. The molecule has 0 saturated carbocycles. The average molecular weight is 730 g/mol. The van der Waals surface area contributed by atoms with Crippen molar-refractivity contribution >= 4 is 29.0 Å². The van der Waals surface area contributed by atoms with Gasteiger partial charge in [0.1, 0.15) is 65.5 Å². The number of methoxy groups -OCH3 is 1. The Labute approximate surface area is 318 Å². The Balaban J connectivity index is 1.25. The van der Waals surface area contributed by atoms with Gasteiger partial charge in [-0.1, -0.05) is 115 Å². The summed E-state index contributed by atoms with van der Waals surface area (Å²) in [6.45, 7) is 0.516. The van der Waals surface area contributed by atoms with E-state index in [0.717, 1.165) is 16.7 Å². The minimum absolute atomic E-state index is 0.198. The van der Waals surface area contributed by atoms with Crippen LogP contribution in [0.5, 0.6) is 23.0 Å². The fourth-order valence-corrected chi connectivity index (χ4v) is 10.8. The number of benzene rings is 7. The standard InChI is InChI=1S/C48H42O5P/c1-50-40-29-30-45(48(31-40)52-34-38-19-9-3-10-20-38)46(49)35-53-47-32-41(51-33-37-17-7-2-8-18-37)28-27-39(47)36-54(42-21-11-4-12-22-42,43-23-13-5-14-24-43)44-25-15-6-16-26-44/h2-32H,33-36H2,1H3/q+1. The lowest BCUT2D eigenvalue weighted by atomic mass is 10.1. The molecule has 0 aliphatic carbocycles.